The van der Waals surface area contributed by atoms with Crippen LogP contribution in [0.3, 0.4) is 0 Å². The molecule has 1 aliphatic rings. The van der Waals surface area contributed by atoms with Crippen LogP contribution in [0.15, 0.2) is 42.6 Å². The molecule has 3 nitrogen and oxygen atoms in total. The van der Waals surface area contributed by atoms with Crippen molar-refractivity contribution in [1.82, 2.24) is 4.98 Å². The number of nitrogens with zero attached hydrogens (tertiary/aromatic N) is 1. The van der Waals surface area contributed by atoms with Crippen LogP contribution in [-0.4, -0.2) is 17.6 Å². The van der Waals surface area contributed by atoms with Gasteiger partial charge in [-0.15, -0.1) is 0 Å². The molecule has 0 radical (unpaired) electrons. The summed E-state index contributed by atoms with van der Waals surface area (Å²) in [6.45, 7) is 4.75. The van der Waals surface area contributed by atoms with Gasteiger partial charge in [-0.25, -0.2) is 4.98 Å². The molecule has 0 saturated heterocycles. The third-order valence-corrected chi connectivity index (χ3v) is 4.10. The summed E-state index contributed by atoms with van der Waals surface area (Å²) in [5.41, 5.74) is 3.78. The molecule has 0 amide bonds. The van der Waals surface area contributed by atoms with Crippen molar-refractivity contribution in [3.05, 3.63) is 53.7 Å². The minimum Gasteiger partial charge on any atom is -0.476 e. The molecule has 1 aromatic carbocycles. The molecule has 1 N–H and O–H groups in total. The summed E-state index contributed by atoms with van der Waals surface area (Å²) in [6, 6.07) is 13.4. The van der Waals surface area contributed by atoms with E-state index in [-0.39, 0.29) is 0 Å². The van der Waals surface area contributed by atoms with Crippen LogP contribution in [0, 0.1) is 6.92 Å². The highest BCUT2D eigenvalue weighted by Gasteiger charge is 2.30. The second-order valence-corrected chi connectivity index (χ2v) is 5.71. The zero-order valence-corrected chi connectivity index (χ0v) is 12.7. The Hall–Kier alpha value is -2.03. The molecule has 1 heterocycles. The first kappa shape index (κ1) is 13.9. The Labute approximate surface area is 126 Å². The lowest BCUT2D eigenvalue weighted by atomic mass is 9.75. The first-order chi connectivity index (χ1) is 10.3. The van der Waals surface area contributed by atoms with Crippen molar-refractivity contribution < 1.29 is 4.74 Å². The van der Waals surface area contributed by atoms with E-state index in [0.29, 0.717) is 24.4 Å². The van der Waals surface area contributed by atoms with Crippen LogP contribution in [0.4, 0.5) is 5.69 Å². The lowest BCUT2D eigenvalue weighted by Crippen LogP contribution is -2.34. The van der Waals surface area contributed by atoms with Crippen LogP contribution in [0.25, 0.3) is 0 Å². The van der Waals surface area contributed by atoms with Crippen molar-refractivity contribution in [3.63, 3.8) is 0 Å². The Morgan fingerprint density at radius 2 is 1.95 bits per heavy atom. The molecule has 0 spiro atoms. The lowest BCUT2D eigenvalue weighted by molar-refractivity contribution is 0.325. The van der Waals surface area contributed by atoms with Gasteiger partial charge in [-0.2, -0.15) is 0 Å². The number of ether oxygens (including phenoxy) is 1. The van der Waals surface area contributed by atoms with Gasteiger partial charge in [0.2, 0.25) is 5.88 Å². The molecular formula is C18H22N2O. The van der Waals surface area contributed by atoms with Crippen LogP contribution < -0.4 is 10.1 Å². The number of aromatic nitrogens is 1. The molecule has 2 aromatic rings. The van der Waals surface area contributed by atoms with Gasteiger partial charge in [-0.05, 0) is 50.3 Å². The standard InChI is InChI=1S/C18H22N2O/c1-3-21-18-17(5-4-10-19-18)20-16-11-15(12-16)14-8-6-13(2)7-9-14/h4-10,15-16,20H,3,11-12H2,1-2H3. The summed E-state index contributed by atoms with van der Waals surface area (Å²) in [7, 11) is 0. The fourth-order valence-electron chi connectivity index (χ4n) is 2.82. The number of pyridine rings is 1. The van der Waals surface area contributed by atoms with Gasteiger partial charge in [-0.3, -0.25) is 0 Å². The summed E-state index contributed by atoms with van der Waals surface area (Å²) in [5, 5.41) is 3.56. The highest BCUT2D eigenvalue weighted by molar-refractivity contribution is 5.53. The first-order valence-corrected chi connectivity index (χ1v) is 7.67. The zero-order chi connectivity index (χ0) is 14.7. The number of nitrogens with one attached hydrogen (secondary N) is 1. The third-order valence-electron chi connectivity index (χ3n) is 4.10. The van der Waals surface area contributed by atoms with Crippen molar-refractivity contribution in [2.24, 2.45) is 0 Å². The predicted molar refractivity (Wildman–Crippen MR) is 86.0 cm³/mol. The number of hydrogen-bond acceptors (Lipinski definition) is 3. The van der Waals surface area contributed by atoms with Gasteiger partial charge < -0.3 is 10.1 Å². The molecule has 21 heavy (non-hydrogen) atoms. The fraction of sp³-hybridized carbons (Fsp3) is 0.389. The molecule has 0 aliphatic heterocycles. The molecule has 1 aromatic heterocycles. The molecule has 3 rings (SSSR count). The molecule has 1 aliphatic carbocycles. The minimum absolute atomic E-state index is 0.514. The van der Waals surface area contributed by atoms with Crippen LogP contribution in [-0.2, 0) is 0 Å². The normalized spacial score (nSPS) is 20.7. The molecular weight excluding hydrogens is 260 g/mol. The van der Waals surface area contributed by atoms with Crippen LogP contribution in [0.5, 0.6) is 5.88 Å². The fourth-order valence-corrected chi connectivity index (χ4v) is 2.82. The predicted octanol–water partition coefficient (Wildman–Crippen LogP) is 4.15. The lowest BCUT2D eigenvalue weighted by Gasteiger charge is -2.37. The van der Waals surface area contributed by atoms with Gasteiger partial charge in [0.05, 0.1) is 12.3 Å². The van der Waals surface area contributed by atoms with E-state index in [2.05, 4.69) is 41.5 Å². The van der Waals surface area contributed by atoms with E-state index in [1.807, 2.05) is 19.1 Å². The van der Waals surface area contributed by atoms with Crippen LogP contribution in [0.1, 0.15) is 36.8 Å². The Morgan fingerprint density at radius 1 is 1.19 bits per heavy atom. The van der Waals surface area contributed by atoms with Gasteiger partial charge in [0, 0.05) is 12.2 Å². The number of hydrogen-bond donors (Lipinski definition) is 1. The molecule has 1 saturated carbocycles. The summed E-state index contributed by atoms with van der Waals surface area (Å²) in [4.78, 5) is 4.28. The van der Waals surface area contributed by atoms with Crippen LogP contribution >= 0.6 is 0 Å². The van der Waals surface area contributed by atoms with E-state index >= 15 is 0 Å². The third kappa shape index (κ3) is 3.18. The van der Waals surface area contributed by atoms with Gasteiger partial charge >= 0.3 is 0 Å². The van der Waals surface area contributed by atoms with E-state index in [9.17, 15) is 0 Å². The highest BCUT2D eigenvalue weighted by atomic mass is 16.5. The van der Waals surface area contributed by atoms with Crippen molar-refractivity contribution in [1.29, 1.82) is 0 Å². The quantitative estimate of drug-likeness (QED) is 0.894. The van der Waals surface area contributed by atoms with Gasteiger partial charge in [0.15, 0.2) is 0 Å². The van der Waals surface area contributed by atoms with Crippen molar-refractivity contribution in [2.75, 3.05) is 11.9 Å². The maximum Gasteiger partial charge on any atom is 0.237 e. The Bertz CT molecular complexity index is 588. The smallest absolute Gasteiger partial charge is 0.237 e. The maximum atomic E-state index is 5.56. The van der Waals surface area contributed by atoms with Gasteiger partial charge in [0.1, 0.15) is 0 Å². The molecule has 1 fully saturated rings. The van der Waals surface area contributed by atoms with Gasteiger partial charge in [-0.1, -0.05) is 29.8 Å². The monoisotopic (exact) mass is 282 g/mol. The molecule has 110 valence electrons. The van der Waals surface area contributed by atoms with E-state index in [1.54, 1.807) is 6.20 Å². The van der Waals surface area contributed by atoms with Crippen molar-refractivity contribution >= 4 is 5.69 Å². The second kappa shape index (κ2) is 6.17. The van der Waals surface area contributed by atoms with Crippen molar-refractivity contribution in [3.8, 4) is 5.88 Å². The zero-order valence-electron chi connectivity index (χ0n) is 12.7. The summed E-state index contributed by atoms with van der Waals surface area (Å²) in [5.74, 6) is 1.38. The number of aryl methyl sites for hydroxylation is 1. The maximum absolute atomic E-state index is 5.56. The number of benzene rings is 1. The highest BCUT2D eigenvalue weighted by Crippen LogP contribution is 2.39. The van der Waals surface area contributed by atoms with E-state index < -0.39 is 0 Å². The number of rotatable bonds is 5. The largest absolute Gasteiger partial charge is 0.476 e. The topological polar surface area (TPSA) is 34.1 Å². The van der Waals surface area contributed by atoms with E-state index in [4.69, 9.17) is 4.74 Å². The molecule has 0 bridgehead atoms. The van der Waals surface area contributed by atoms with Crippen molar-refractivity contribution in [2.45, 2.75) is 38.6 Å². The molecule has 0 unspecified atom stereocenters. The SMILES string of the molecule is CCOc1ncccc1NC1CC(c2ccc(C)cc2)C1. The summed E-state index contributed by atoms with van der Waals surface area (Å²) >= 11 is 0. The Balaban J connectivity index is 1.58. The van der Waals surface area contributed by atoms with E-state index in [0.717, 1.165) is 5.69 Å². The summed E-state index contributed by atoms with van der Waals surface area (Å²) < 4.78 is 5.56. The second-order valence-electron chi connectivity index (χ2n) is 5.71. The van der Waals surface area contributed by atoms with E-state index in [1.165, 1.54) is 24.0 Å². The van der Waals surface area contributed by atoms with Gasteiger partial charge in [0.25, 0.3) is 0 Å². The number of anilines is 1. The average molecular weight is 282 g/mol. The Morgan fingerprint density at radius 3 is 2.67 bits per heavy atom. The molecule has 0 atom stereocenters. The summed E-state index contributed by atoms with van der Waals surface area (Å²) in [6.07, 6.45) is 4.11. The van der Waals surface area contributed by atoms with Crippen LogP contribution in [0.2, 0.25) is 0 Å². The molecule has 3 heteroatoms. The Kier molecular flexibility index (Phi) is 4.09. The first-order valence-electron chi connectivity index (χ1n) is 7.67. The average Bonchev–Trinajstić information content (AvgIpc) is 2.46. The minimum atomic E-state index is 0.514.